The molecule has 0 aliphatic carbocycles. The van der Waals surface area contributed by atoms with Crippen molar-refractivity contribution >= 4 is 63.4 Å². The average Bonchev–Trinajstić information content (AvgIpc) is 2.83. The Morgan fingerprint density at radius 2 is 1.59 bits per heavy atom. The predicted molar refractivity (Wildman–Crippen MR) is 136 cm³/mol. The molecule has 8 heteroatoms. The Morgan fingerprint density at radius 3 is 2.35 bits per heavy atom. The minimum atomic E-state index is -0.598. The normalized spacial score (nSPS) is 15.0. The quantitative estimate of drug-likeness (QED) is 0.178. The molecule has 1 aromatic heterocycles. The molecule has 2 amide bonds. The molecule has 1 aliphatic heterocycles. The van der Waals surface area contributed by atoms with Gasteiger partial charge in [-0.2, -0.15) is 0 Å². The Morgan fingerprint density at radius 1 is 0.912 bits per heavy atom. The number of benzene rings is 3. The number of carbonyl (C=O) groups excluding carboxylic acids is 2. The maximum atomic E-state index is 13.3. The molecule has 0 bridgehead atoms. The number of nitrogens with one attached hydrogen (secondary N) is 1. The summed E-state index contributed by atoms with van der Waals surface area (Å²) in [5, 5.41) is 3.59. The topological polar surface area (TPSA) is 71.5 Å². The van der Waals surface area contributed by atoms with Crippen molar-refractivity contribution in [2.75, 3.05) is 4.90 Å². The van der Waals surface area contributed by atoms with Crippen LogP contribution in [-0.2, 0) is 9.59 Å². The molecule has 1 aliphatic rings. The summed E-state index contributed by atoms with van der Waals surface area (Å²) in [4.78, 5) is 31.6. The molecular formula is C26H16ClN3O3S. The lowest BCUT2D eigenvalue weighted by Crippen LogP contribution is -2.54. The summed E-state index contributed by atoms with van der Waals surface area (Å²) in [5.41, 5.74) is 1.56. The van der Waals surface area contributed by atoms with Gasteiger partial charge in [-0.3, -0.25) is 19.8 Å². The van der Waals surface area contributed by atoms with Crippen LogP contribution in [0.2, 0.25) is 5.15 Å². The van der Waals surface area contributed by atoms with Crippen LogP contribution in [0.4, 0.5) is 5.69 Å². The molecule has 4 aromatic rings. The second kappa shape index (κ2) is 9.05. The lowest BCUT2D eigenvalue weighted by atomic mass is 10.1. The van der Waals surface area contributed by atoms with E-state index >= 15 is 0 Å². The third-order valence-corrected chi connectivity index (χ3v) is 5.77. The first-order valence-electron chi connectivity index (χ1n) is 10.3. The van der Waals surface area contributed by atoms with Crippen molar-refractivity contribution in [1.29, 1.82) is 0 Å². The summed E-state index contributed by atoms with van der Waals surface area (Å²) in [5.74, 6) is 0.131. The number of fused-ring (bicyclic) bond motifs is 1. The average molecular weight is 486 g/mol. The van der Waals surface area contributed by atoms with Crippen molar-refractivity contribution in [2.45, 2.75) is 0 Å². The number of hydrogen-bond donors (Lipinski definition) is 1. The van der Waals surface area contributed by atoms with Gasteiger partial charge in [0.1, 0.15) is 22.2 Å². The maximum absolute atomic E-state index is 13.3. The maximum Gasteiger partial charge on any atom is 0.270 e. The Hall–Kier alpha value is -4.07. The Balaban J connectivity index is 1.45. The van der Waals surface area contributed by atoms with E-state index in [9.17, 15) is 9.59 Å². The van der Waals surface area contributed by atoms with Gasteiger partial charge in [0.25, 0.3) is 11.8 Å². The first kappa shape index (κ1) is 21.8. The van der Waals surface area contributed by atoms with Crippen molar-refractivity contribution < 1.29 is 14.3 Å². The number of thiocarbonyl (C=S) groups is 1. The predicted octanol–water partition coefficient (Wildman–Crippen LogP) is 5.51. The summed E-state index contributed by atoms with van der Waals surface area (Å²) in [6, 6.07) is 25.4. The monoisotopic (exact) mass is 485 g/mol. The molecule has 1 fully saturated rings. The van der Waals surface area contributed by atoms with E-state index < -0.39 is 11.8 Å². The zero-order valence-corrected chi connectivity index (χ0v) is 19.1. The van der Waals surface area contributed by atoms with Gasteiger partial charge in [0.05, 0.1) is 11.2 Å². The zero-order chi connectivity index (χ0) is 23.7. The third-order valence-electron chi connectivity index (χ3n) is 5.18. The van der Waals surface area contributed by atoms with E-state index in [-0.39, 0.29) is 15.8 Å². The summed E-state index contributed by atoms with van der Waals surface area (Å²) in [7, 11) is 0. The van der Waals surface area contributed by atoms with Crippen molar-refractivity contribution in [3.63, 3.8) is 0 Å². The minimum Gasteiger partial charge on any atom is -0.457 e. The van der Waals surface area contributed by atoms with Crippen molar-refractivity contribution in [3.8, 4) is 11.5 Å². The molecule has 5 rings (SSSR count). The molecule has 0 atom stereocenters. The first-order chi connectivity index (χ1) is 16.5. The van der Waals surface area contributed by atoms with Gasteiger partial charge in [0, 0.05) is 10.9 Å². The first-order valence-corrected chi connectivity index (χ1v) is 11.1. The highest BCUT2D eigenvalue weighted by atomic mass is 35.5. The summed E-state index contributed by atoms with van der Waals surface area (Å²) in [6.45, 7) is 0. The summed E-state index contributed by atoms with van der Waals surface area (Å²) >= 11 is 11.6. The highest BCUT2D eigenvalue weighted by Crippen LogP contribution is 2.28. The van der Waals surface area contributed by atoms with Gasteiger partial charge in [-0.25, -0.2) is 4.98 Å². The molecule has 166 valence electrons. The van der Waals surface area contributed by atoms with E-state index in [1.165, 1.54) is 11.0 Å². The fourth-order valence-corrected chi connectivity index (χ4v) is 4.03. The number of aromatic nitrogens is 1. The van der Waals surface area contributed by atoms with Gasteiger partial charge in [0.2, 0.25) is 0 Å². The molecule has 0 unspecified atom stereocenters. The van der Waals surface area contributed by atoms with Crippen molar-refractivity contribution in [1.82, 2.24) is 10.3 Å². The highest BCUT2D eigenvalue weighted by molar-refractivity contribution is 7.80. The molecule has 34 heavy (non-hydrogen) atoms. The molecular weight excluding hydrogens is 470 g/mol. The zero-order valence-electron chi connectivity index (χ0n) is 17.6. The van der Waals surface area contributed by atoms with Crippen LogP contribution in [0.5, 0.6) is 11.5 Å². The number of ether oxygens (including phenoxy) is 1. The van der Waals surface area contributed by atoms with Crippen LogP contribution in [0.15, 0.2) is 90.5 Å². The number of carbonyl (C=O) groups is 2. The van der Waals surface area contributed by atoms with Gasteiger partial charge in [0.15, 0.2) is 5.11 Å². The highest BCUT2D eigenvalue weighted by Gasteiger charge is 2.34. The number of para-hydroxylation sites is 2. The van der Waals surface area contributed by atoms with Crippen LogP contribution in [0, 0.1) is 0 Å². The van der Waals surface area contributed by atoms with Crippen LogP contribution in [-0.4, -0.2) is 21.9 Å². The lowest BCUT2D eigenvalue weighted by molar-refractivity contribution is -0.122. The van der Waals surface area contributed by atoms with E-state index in [1.807, 2.05) is 54.6 Å². The number of pyridine rings is 1. The number of amides is 2. The van der Waals surface area contributed by atoms with Crippen LogP contribution in [0.1, 0.15) is 5.56 Å². The standard InChI is InChI=1S/C26H16ClN3O3S/c27-23-17(14-16-6-4-5-9-22(16)28-23)15-21-24(31)29-26(34)30(25(21)32)18-10-12-20(13-11-18)33-19-7-2-1-3-8-19/h1-15H,(H,29,31,34)/b21-15+. The minimum absolute atomic E-state index is 0.00777. The van der Waals surface area contributed by atoms with Crippen LogP contribution in [0.25, 0.3) is 17.0 Å². The second-order valence-electron chi connectivity index (χ2n) is 7.43. The van der Waals surface area contributed by atoms with E-state index in [4.69, 9.17) is 28.6 Å². The summed E-state index contributed by atoms with van der Waals surface area (Å²) in [6.07, 6.45) is 1.43. The van der Waals surface area contributed by atoms with E-state index in [1.54, 1.807) is 30.3 Å². The van der Waals surface area contributed by atoms with E-state index in [2.05, 4.69) is 10.3 Å². The van der Waals surface area contributed by atoms with Gasteiger partial charge < -0.3 is 4.74 Å². The van der Waals surface area contributed by atoms with Gasteiger partial charge in [-0.1, -0.05) is 48.0 Å². The molecule has 1 N–H and O–H groups in total. The molecule has 3 aromatic carbocycles. The largest absolute Gasteiger partial charge is 0.457 e. The summed E-state index contributed by atoms with van der Waals surface area (Å²) < 4.78 is 5.80. The number of hydrogen-bond acceptors (Lipinski definition) is 5. The Labute approximate surface area is 205 Å². The lowest BCUT2D eigenvalue weighted by Gasteiger charge is -2.29. The number of halogens is 1. The Kier molecular flexibility index (Phi) is 5.79. The molecule has 1 saturated heterocycles. The molecule has 6 nitrogen and oxygen atoms in total. The van der Waals surface area contributed by atoms with Gasteiger partial charge >= 0.3 is 0 Å². The van der Waals surface area contributed by atoms with Crippen molar-refractivity contribution in [2.24, 2.45) is 0 Å². The molecule has 0 spiro atoms. The fourth-order valence-electron chi connectivity index (χ4n) is 3.55. The molecule has 0 saturated carbocycles. The van der Waals surface area contributed by atoms with Crippen LogP contribution < -0.4 is 15.0 Å². The van der Waals surface area contributed by atoms with Crippen molar-refractivity contribution in [3.05, 3.63) is 101 Å². The Bertz CT molecular complexity index is 1470. The molecule has 2 heterocycles. The number of anilines is 1. The third kappa shape index (κ3) is 4.26. The van der Waals surface area contributed by atoms with Gasteiger partial charge in [-0.15, -0.1) is 0 Å². The van der Waals surface area contributed by atoms with E-state index in [0.29, 0.717) is 22.7 Å². The SMILES string of the molecule is O=C1NC(=S)N(c2ccc(Oc3ccccc3)cc2)C(=O)/C1=C/c1cc2ccccc2nc1Cl. The number of nitrogens with zero attached hydrogens (tertiary/aromatic N) is 2. The molecule has 0 radical (unpaired) electrons. The second-order valence-corrected chi connectivity index (χ2v) is 8.17. The number of rotatable bonds is 4. The van der Waals surface area contributed by atoms with Crippen LogP contribution in [0.3, 0.4) is 0 Å². The smallest absolute Gasteiger partial charge is 0.270 e. The van der Waals surface area contributed by atoms with Crippen LogP contribution >= 0.6 is 23.8 Å². The fraction of sp³-hybridized carbons (Fsp3) is 0. The van der Waals surface area contributed by atoms with E-state index in [0.717, 1.165) is 10.9 Å². The van der Waals surface area contributed by atoms with Gasteiger partial charge in [-0.05, 0) is 66.8 Å².